The van der Waals surface area contributed by atoms with Crippen LogP contribution in [-0.2, 0) is 14.3 Å². The molecule has 0 saturated heterocycles. The zero-order chi connectivity index (χ0) is 18.4. The Morgan fingerprint density at radius 3 is 2.68 bits per heavy atom. The monoisotopic (exact) mass is 345 g/mol. The third-order valence-corrected chi connectivity index (χ3v) is 3.43. The van der Waals surface area contributed by atoms with Crippen LogP contribution in [0.25, 0.3) is 10.9 Å². The summed E-state index contributed by atoms with van der Waals surface area (Å²) < 4.78 is 4.96. The number of esters is 1. The molecule has 0 bridgehead atoms. The molecule has 0 aliphatic rings. The van der Waals surface area contributed by atoms with E-state index in [1.54, 1.807) is 31.2 Å². The molecule has 2 amide bonds. The van der Waals surface area contributed by atoms with Gasteiger partial charge in [-0.25, -0.2) is 4.79 Å². The number of amides is 2. The van der Waals surface area contributed by atoms with Crippen LogP contribution in [0, 0.1) is 0 Å². The number of rotatable bonds is 6. The minimum Gasteiger partial charge on any atom is -0.452 e. The van der Waals surface area contributed by atoms with Crippen LogP contribution in [0.5, 0.6) is 0 Å². The van der Waals surface area contributed by atoms with Gasteiger partial charge in [0.1, 0.15) is 6.04 Å². The Bertz CT molecular complexity index is 859. The van der Waals surface area contributed by atoms with Gasteiger partial charge >= 0.3 is 5.97 Å². The number of para-hydroxylation sites is 1. The number of fused-ring (bicyclic) bond motifs is 1. The van der Waals surface area contributed by atoms with E-state index in [0.717, 1.165) is 6.07 Å². The molecule has 1 atom stereocenters. The van der Waals surface area contributed by atoms with Crippen LogP contribution in [0.2, 0.25) is 0 Å². The fourth-order valence-corrected chi connectivity index (χ4v) is 2.26. The number of benzene rings is 1. The second kappa shape index (κ2) is 8.09. The van der Waals surface area contributed by atoms with Gasteiger partial charge in [-0.1, -0.05) is 18.2 Å². The van der Waals surface area contributed by atoms with Gasteiger partial charge in [-0.2, -0.15) is 0 Å². The molecule has 0 aliphatic carbocycles. The molecular formula is C17H19N3O5. The van der Waals surface area contributed by atoms with Gasteiger partial charge in [-0.05, 0) is 19.9 Å². The lowest BCUT2D eigenvalue weighted by Crippen LogP contribution is -2.46. The molecule has 0 aliphatic heterocycles. The van der Waals surface area contributed by atoms with Gasteiger partial charge in [0.25, 0.3) is 5.91 Å². The number of likely N-dealkylation sites (N-methyl/N-ethyl adjacent to an activating group) is 1. The highest BCUT2D eigenvalue weighted by atomic mass is 16.5. The Labute approximate surface area is 143 Å². The minimum atomic E-state index is -0.789. The third-order valence-electron chi connectivity index (χ3n) is 3.43. The number of pyridine rings is 1. The Morgan fingerprint density at radius 2 is 1.96 bits per heavy atom. The topological polar surface area (TPSA) is 117 Å². The van der Waals surface area contributed by atoms with Gasteiger partial charge in [0, 0.05) is 23.5 Å². The van der Waals surface area contributed by atoms with E-state index in [9.17, 15) is 19.2 Å². The van der Waals surface area contributed by atoms with Gasteiger partial charge in [0.05, 0.1) is 5.56 Å². The first-order chi connectivity index (χ1) is 11.9. The van der Waals surface area contributed by atoms with Crippen molar-refractivity contribution >= 4 is 28.7 Å². The highest BCUT2D eigenvalue weighted by Crippen LogP contribution is 2.15. The lowest BCUT2D eigenvalue weighted by Gasteiger charge is -2.13. The summed E-state index contributed by atoms with van der Waals surface area (Å²) in [5, 5.41) is 5.51. The van der Waals surface area contributed by atoms with Gasteiger partial charge in [-0.15, -0.1) is 0 Å². The minimum absolute atomic E-state index is 0.0731. The summed E-state index contributed by atoms with van der Waals surface area (Å²) in [6.07, 6.45) is 0. The summed E-state index contributed by atoms with van der Waals surface area (Å²) >= 11 is 0. The molecule has 8 nitrogen and oxygen atoms in total. The molecule has 1 heterocycles. The molecular weight excluding hydrogens is 326 g/mol. The maximum atomic E-state index is 12.2. The van der Waals surface area contributed by atoms with Gasteiger partial charge in [0.2, 0.25) is 11.5 Å². The summed E-state index contributed by atoms with van der Waals surface area (Å²) in [6, 6.07) is 7.15. The second-order valence-electron chi connectivity index (χ2n) is 5.35. The predicted octanol–water partition coefficient (Wildman–Crippen LogP) is 0.326. The zero-order valence-corrected chi connectivity index (χ0v) is 13.9. The van der Waals surface area contributed by atoms with Crippen LogP contribution < -0.4 is 16.2 Å². The molecule has 0 radical (unpaired) electrons. The van der Waals surface area contributed by atoms with E-state index in [1.807, 2.05) is 0 Å². The highest BCUT2D eigenvalue weighted by Gasteiger charge is 2.18. The van der Waals surface area contributed by atoms with Gasteiger partial charge < -0.3 is 20.4 Å². The molecule has 2 rings (SSSR count). The molecule has 25 heavy (non-hydrogen) atoms. The average Bonchev–Trinajstić information content (AvgIpc) is 2.59. The highest BCUT2D eigenvalue weighted by molar-refractivity contribution is 6.03. The lowest BCUT2D eigenvalue weighted by molar-refractivity contribution is -0.130. The zero-order valence-electron chi connectivity index (χ0n) is 13.9. The number of ether oxygens (including phenoxy) is 1. The Balaban J connectivity index is 2.02. The van der Waals surface area contributed by atoms with E-state index < -0.39 is 30.1 Å². The van der Waals surface area contributed by atoms with Crippen LogP contribution in [0.15, 0.2) is 35.1 Å². The molecule has 0 fully saturated rings. The summed E-state index contributed by atoms with van der Waals surface area (Å²) in [7, 11) is 0. The van der Waals surface area contributed by atoms with E-state index in [0.29, 0.717) is 17.4 Å². The van der Waals surface area contributed by atoms with E-state index in [-0.39, 0.29) is 11.5 Å². The molecule has 0 unspecified atom stereocenters. The molecule has 0 spiro atoms. The summed E-state index contributed by atoms with van der Waals surface area (Å²) in [5.41, 5.74) is 0.125. The van der Waals surface area contributed by atoms with Crippen molar-refractivity contribution in [2.45, 2.75) is 19.9 Å². The van der Waals surface area contributed by atoms with Crippen LogP contribution in [0.3, 0.4) is 0 Å². The van der Waals surface area contributed by atoms with Crippen molar-refractivity contribution in [2.75, 3.05) is 13.2 Å². The van der Waals surface area contributed by atoms with E-state index in [4.69, 9.17) is 4.74 Å². The van der Waals surface area contributed by atoms with Crippen molar-refractivity contribution < 1.29 is 19.1 Å². The SMILES string of the molecule is CCNC(=O)[C@H](C)NC(=O)COC(=O)c1cc(=O)[nH]c2ccccc12. The quantitative estimate of drug-likeness (QED) is 0.652. The summed E-state index contributed by atoms with van der Waals surface area (Å²) in [6.45, 7) is 3.18. The standard InChI is InChI=1S/C17H19N3O5/c1-3-18-16(23)10(2)19-15(22)9-25-17(24)12-8-14(21)20-13-7-5-4-6-11(12)13/h4-8,10H,3,9H2,1-2H3,(H,18,23)(H,19,22)(H,20,21)/t10-/m0/s1. The molecule has 8 heteroatoms. The van der Waals surface area contributed by atoms with Crippen LogP contribution in [0.1, 0.15) is 24.2 Å². The summed E-state index contributed by atoms with van der Waals surface area (Å²) in [4.78, 5) is 49.8. The number of aromatic nitrogens is 1. The average molecular weight is 345 g/mol. The first-order valence-electron chi connectivity index (χ1n) is 7.78. The molecule has 1 aromatic carbocycles. The van der Waals surface area contributed by atoms with Crippen LogP contribution in [0.4, 0.5) is 0 Å². The molecule has 132 valence electrons. The van der Waals surface area contributed by atoms with Crippen molar-refractivity contribution in [3.05, 3.63) is 46.2 Å². The molecule has 0 saturated carbocycles. The number of H-pyrrole nitrogens is 1. The normalized spacial score (nSPS) is 11.6. The summed E-state index contributed by atoms with van der Waals surface area (Å²) in [5.74, 6) is -1.73. The lowest BCUT2D eigenvalue weighted by atomic mass is 10.1. The predicted molar refractivity (Wildman–Crippen MR) is 91.1 cm³/mol. The van der Waals surface area contributed by atoms with Crippen LogP contribution in [-0.4, -0.2) is 42.0 Å². The van der Waals surface area contributed by atoms with Gasteiger partial charge in [-0.3, -0.25) is 14.4 Å². The van der Waals surface area contributed by atoms with Crippen molar-refractivity contribution in [2.24, 2.45) is 0 Å². The molecule has 2 aromatic rings. The van der Waals surface area contributed by atoms with E-state index in [2.05, 4.69) is 15.6 Å². The number of carbonyl (C=O) groups is 3. The number of hydrogen-bond donors (Lipinski definition) is 3. The van der Waals surface area contributed by atoms with Crippen molar-refractivity contribution in [1.29, 1.82) is 0 Å². The van der Waals surface area contributed by atoms with E-state index >= 15 is 0 Å². The second-order valence-corrected chi connectivity index (χ2v) is 5.35. The number of hydrogen-bond acceptors (Lipinski definition) is 5. The number of nitrogens with one attached hydrogen (secondary N) is 3. The number of carbonyl (C=O) groups excluding carboxylic acids is 3. The van der Waals surface area contributed by atoms with Crippen LogP contribution >= 0.6 is 0 Å². The van der Waals surface area contributed by atoms with Gasteiger partial charge in [0.15, 0.2) is 6.61 Å². The largest absolute Gasteiger partial charge is 0.452 e. The Hall–Kier alpha value is -3.16. The Morgan fingerprint density at radius 1 is 1.24 bits per heavy atom. The fraction of sp³-hybridized carbons (Fsp3) is 0.294. The Kier molecular flexibility index (Phi) is 5.89. The maximum absolute atomic E-state index is 12.2. The first kappa shape index (κ1) is 18.2. The number of aromatic amines is 1. The van der Waals surface area contributed by atoms with E-state index in [1.165, 1.54) is 6.92 Å². The maximum Gasteiger partial charge on any atom is 0.339 e. The smallest absolute Gasteiger partial charge is 0.339 e. The third kappa shape index (κ3) is 4.66. The first-order valence-corrected chi connectivity index (χ1v) is 7.78. The van der Waals surface area contributed by atoms with Crippen molar-refractivity contribution in [1.82, 2.24) is 15.6 Å². The fourth-order valence-electron chi connectivity index (χ4n) is 2.26. The van der Waals surface area contributed by atoms with Crippen molar-refractivity contribution in [3.63, 3.8) is 0 Å². The molecule has 3 N–H and O–H groups in total. The van der Waals surface area contributed by atoms with Crippen molar-refractivity contribution in [3.8, 4) is 0 Å². The molecule has 1 aromatic heterocycles.